The summed E-state index contributed by atoms with van der Waals surface area (Å²) in [5.74, 6) is 0.692. The molecule has 6 heteroatoms. The molecule has 0 spiro atoms. The monoisotopic (exact) mass is 197 g/mol. The second-order valence-corrected chi connectivity index (χ2v) is 3.12. The zero-order chi connectivity index (χ0) is 10.6. The molecule has 0 aromatic carbocycles. The Labute approximate surface area is 82.7 Å². The minimum Gasteiger partial charge on any atom is -0.345 e. The Morgan fingerprint density at radius 3 is 2.93 bits per heavy atom. The van der Waals surface area contributed by atoms with Crippen LogP contribution in [0.1, 0.15) is 18.8 Å². The van der Waals surface area contributed by atoms with E-state index in [0.717, 1.165) is 5.82 Å². The molecule has 0 bridgehead atoms. The fourth-order valence-electron chi connectivity index (χ4n) is 1.20. The lowest BCUT2D eigenvalue weighted by Crippen LogP contribution is -2.34. The highest BCUT2D eigenvalue weighted by atomic mass is 16.1. The number of rotatable bonds is 4. The van der Waals surface area contributed by atoms with E-state index in [1.165, 1.54) is 0 Å². The summed E-state index contributed by atoms with van der Waals surface area (Å²) < 4.78 is 1.78. The molecule has 78 valence electrons. The topological polar surface area (TPSA) is 71.8 Å². The van der Waals surface area contributed by atoms with Crippen LogP contribution in [-0.2, 0) is 11.8 Å². The van der Waals surface area contributed by atoms with E-state index in [4.69, 9.17) is 0 Å². The minimum atomic E-state index is -0.122. The first kappa shape index (κ1) is 10.6. The maximum Gasteiger partial charge on any atom is 0.234 e. The molecule has 0 aliphatic rings. The van der Waals surface area contributed by atoms with E-state index in [1.807, 2.05) is 14.0 Å². The van der Waals surface area contributed by atoms with Gasteiger partial charge in [0, 0.05) is 7.05 Å². The molecule has 0 fully saturated rings. The quantitative estimate of drug-likeness (QED) is 0.663. The highest BCUT2D eigenvalue weighted by Crippen LogP contribution is 2.05. The van der Waals surface area contributed by atoms with E-state index >= 15 is 0 Å². The standard InChI is InChI=1S/C8H15N5O/c1-6(11-7(14)4-9-2)8-12-10-5-13(8)3/h5-6,9H,4H2,1-3H3,(H,11,14). The zero-order valence-electron chi connectivity index (χ0n) is 8.61. The van der Waals surface area contributed by atoms with Crippen molar-refractivity contribution in [1.82, 2.24) is 25.4 Å². The Bertz CT molecular complexity index is 308. The Morgan fingerprint density at radius 2 is 2.43 bits per heavy atom. The van der Waals surface area contributed by atoms with Gasteiger partial charge >= 0.3 is 0 Å². The van der Waals surface area contributed by atoms with Gasteiger partial charge in [-0.05, 0) is 14.0 Å². The Morgan fingerprint density at radius 1 is 1.71 bits per heavy atom. The summed E-state index contributed by atoms with van der Waals surface area (Å²) in [5.41, 5.74) is 0. The van der Waals surface area contributed by atoms with Crippen LogP contribution in [0.2, 0.25) is 0 Å². The van der Waals surface area contributed by atoms with Crippen molar-refractivity contribution >= 4 is 5.91 Å². The van der Waals surface area contributed by atoms with Crippen LogP contribution in [0.15, 0.2) is 6.33 Å². The smallest absolute Gasteiger partial charge is 0.234 e. The van der Waals surface area contributed by atoms with Gasteiger partial charge in [0.2, 0.25) is 5.91 Å². The number of hydrogen-bond acceptors (Lipinski definition) is 4. The number of carbonyl (C=O) groups excluding carboxylic acids is 1. The first-order valence-corrected chi connectivity index (χ1v) is 4.43. The number of likely N-dealkylation sites (N-methyl/N-ethyl adjacent to an activating group) is 1. The number of aromatic nitrogens is 3. The number of aryl methyl sites for hydroxylation is 1. The Balaban J connectivity index is 2.54. The predicted molar refractivity (Wildman–Crippen MR) is 51.5 cm³/mol. The van der Waals surface area contributed by atoms with Crippen LogP contribution in [0.25, 0.3) is 0 Å². The highest BCUT2D eigenvalue weighted by Gasteiger charge is 2.12. The summed E-state index contributed by atoms with van der Waals surface area (Å²) in [7, 11) is 3.57. The van der Waals surface area contributed by atoms with E-state index in [1.54, 1.807) is 17.9 Å². The van der Waals surface area contributed by atoms with Crippen molar-refractivity contribution < 1.29 is 4.79 Å². The molecule has 1 unspecified atom stereocenters. The predicted octanol–water partition coefficient (Wildman–Crippen LogP) is -0.788. The molecule has 1 amide bonds. The SMILES string of the molecule is CNCC(=O)NC(C)c1nncn1C. The number of hydrogen-bond donors (Lipinski definition) is 2. The molecule has 0 aliphatic heterocycles. The van der Waals surface area contributed by atoms with Gasteiger partial charge < -0.3 is 15.2 Å². The number of amides is 1. The fourth-order valence-corrected chi connectivity index (χ4v) is 1.20. The van der Waals surface area contributed by atoms with Gasteiger partial charge in [0.25, 0.3) is 0 Å². The van der Waals surface area contributed by atoms with Gasteiger partial charge in [-0.2, -0.15) is 0 Å². The van der Waals surface area contributed by atoms with Crippen LogP contribution in [0.3, 0.4) is 0 Å². The molecule has 0 radical (unpaired) electrons. The van der Waals surface area contributed by atoms with E-state index in [2.05, 4.69) is 20.8 Å². The maximum atomic E-state index is 11.2. The second kappa shape index (κ2) is 4.71. The molecule has 1 atom stereocenters. The number of nitrogens with one attached hydrogen (secondary N) is 2. The largest absolute Gasteiger partial charge is 0.345 e. The first-order valence-electron chi connectivity index (χ1n) is 4.43. The van der Waals surface area contributed by atoms with Gasteiger partial charge in [-0.3, -0.25) is 4.79 Å². The molecule has 0 saturated heterocycles. The third kappa shape index (κ3) is 2.53. The summed E-state index contributed by atoms with van der Waals surface area (Å²) in [4.78, 5) is 11.2. The van der Waals surface area contributed by atoms with Crippen molar-refractivity contribution in [1.29, 1.82) is 0 Å². The fraction of sp³-hybridized carbons (Fsp3) is 0.625. The summed E-state index contributed by atoms with van der Waals surface area (Å²) in [6.45, 7) is 2.18. The summed E-state index contributed by atoms with van der Waals surface area (Å²) in [6.07, 6.45) is 1.61. The average Bonchev–Trinajstić information content (AvgIpc) is 2.51. The van der Waals surface area contributed by atoms with Crippen LogP contribution in [0.5, 0.6) is 0 Å². The van der Waals surface area contributed by atoms with Crippen LogP contribution < -0.4 is 10.6 Å². The Kier molecular flexibility index (Phi) is 3.58. The van der Waals surface area contributed by atoms with Gasteiger partial charge in [-0.15, -0.1) is 10.2 Å². The maximum absolute atomic E-state index is 11.2. The molecule has 0 saturated carbocycles. The summed E-state index contributed by atoms with van der Waals surface area (Å²) >= 11 is 0. The summed E-state index contributed by atoms with van der Waals surface area (Å²) in [6, 6.07) is -0.122. The number of carbonyl (C=O) groups is 1. The highest BCUT2D eigenvalue weighted by molar-refractivity contribution is 5.78. The molecule has 1 rings (SSSR count). The molecule has 14 heavy (non-hydrogen) atoms. The normalized spacial score (nSPS) is 12.5. The van der Waals surface area contributed by atoms with E-state index in [0.29, 0.717) is 6.54 Å². The molecule has 1 aromatic rings. The molecule has 6 nitrogen and oxygen atoms in total. The average molecular weight is 197 g/mol. The molecular formula is C8H15N5O. The van der Waals surface area contributed by atoms with Gasteiger partial charge in [-0.1, -0.05) is 0 Å². The molecular weight excluding hydrogens is 182 g/mol. The molecule has 2 N–H and O–H groups in total. The lowest BCUT2D eigenvalue weighted by atomic mass is 10.3. The van der Waals surface area contributed by atoms with Gasteiger partial charge in [0.05, 0.1) is 12.6 Å². The zero-order valence-corrected chi connectivity index (χ0v) is 8.61. The van der Waals surface area contributed by atoms with Crippen LogP contribution in [0.4, 0.5) is 0 Å². The van der Waals surface area contributed by atoms with Crippen molar-refractivity contribution in [3.63, 3.8) is 0 Å². The summed E-state index contributed by atoms with van der Waals surface area (Å²) in [5, 5.41) is 13.2. The van der Waals surface area contributed by atoms with Crippen molar-refractivity contribution in [2.45, 2.75) is 13.0 Å². The lowest BCUT2D eigenvalue weighted by molar-refractivity contribution is -0.120. The van der Waals surface area contributed by atoms with Crippen molar-refractivity contribution in [2.75, 3.05) is 13.6 Å². The van der Waals surface area contributed by atoms with E-state index in [-0.39, 0.29) is 11.9 Å². The van der Waals surface area contributed by atoms with Crippen LogP contribution >= 0.6 is 0 Å². The van der Waals surface area contributed by atoms with Crippen molar-refractivity contribution in [3.05, 3.63) is 12.2 Å². The van der Waals surface area contributed by atoms with Gasteiger partial charge in [-0.25, -0.2) is 0 Å². The van der Waals surface area contributed by atoms with E-state index in [9.17, 15) is 4.79 Å². The third-order valence-corrected chi connectivity index (χ3v) is 1.85. The minimum absolute atomic E-state index is 0.0528. The lowest BCUT2D eigenvalue weighted by Gasteiger charge is -2.12. The molecule has 1 aromatic heterocycles. The van der Waals surface area contributed by atoms with Crippen molar-refractivity contribution in [2.24, 2.45) is 7.05 Å². The molecule has 1 heterocycles. The van der Waals surface area contributed by atoms with Gasteiger partial charge in [0.15, 0.2) is 5.82 Å². The first-order chi connectivity index (χ1) is 6.65. The third-order valence-electron chi connectivity index (χ3n) is 1.85. The van der Waals surface area contributed by atoms with E-state index < -0.39 is 0 Å². The number of nitrogens with zero attached hydrogens (tertiary/aromatic N) is 3. The van der Waals surface area contributed by atoms with Crippen molar-refractivity contribution in [3.8, 4) is 0 Å². The molecule has 0 aliphatic carbocycles. The Hall–Kier alpha value is -1.43. The van der Waals surface area contributed by atoms with Gasteiger partial charge in [0.1, 0.15) is 6.33 Å². The second-order valence-electron chi connectivity index (χ2n) is 3.12. The van der Waals surface area contributed by atoms with Crippen LogP contribution in [0, 0.1) is 0 Å². The van der Waals surface area contributed by atoms with Crippen LogP contribution in [-0.4, -0.2) is 34.3 Å².